The predicted molar refractivity (Wildman–Crippen MR) is 97.6 cm³/mol. The van der Waals surface area contributed by atoms with Crippen LogP contribution in [0.4, 0.5) is 0 Å². The number of pyridine rings is 1. The first-order valence-corrected chi connectivity index (χ1v) is 8.20. The van der Waals surface area contributed by atoms with Crippen LogP contribution in [0.5, 0.6) is 0 Å². The molecule has 2 heterocycles. The summed E-state index contributed by atoms with van der Waals surface area (Å²) in [6.45, 7) is 3.41. The summed E-state index contributed by atoms with van der Waals surface area (Å²) in [5.74, 6) is -0.876. The standard InChI is InChI=1S/C19H20N4O3/c1-11-16-14(18(24)20-12(2)19(25)26-4)10-15(13-8-6-5-7-9-13)21-17(16)23(3)22-11/h5-10,12H,1-4H3,(H,20,24)/t12-/m0/s1. The molecule has 3 rings (SSSR count). The molecule has 134 valence electrons. The normalized spacial score (nSPS) is 12.0. The Hall–Kier alpha value is -3.22. The van der Waals surface area contributed by atoms with Crippen molar-refractivity contribution in [3.63, 3.8) is 0 Å². The highest BCUT2D eigenvalue weighted by Gasteiger charge is 2.22. The zero-order chi connectivity index (χ0) is 18.8. The summed E-state index contributed by atoms with van der Waals surface area (Å²) in [5.41, 5.74) is 3.29. The Kier molecular flexibility index (Phi) is 4.71. The highest BCUT2D eigenvalue weighted by Crippen LogP contribution is 2.26. The number of benzene rings is 1. The zero-order valence-electron chi connectivity index (χ0n) is 15.1. The molecule has 0 aliphatic rings. The number of rotatable bonds is 4. The molecule has 0 unspecified atom stereocenters. The molecule has 3 aromatic rings. The van der Waals surface area contributed by atoms with E-state index in [0.29, 0.717) is 28.0 Å². The van der Waals surface area contributed by atoms with Gasteiger partial charge in [0.05, 0.1) is 29.4 Å². The molecule has 0 aliphatic heterocycles. The Morgan fingerprint density at radius 2 is 1.92 bits per heavy atom. The molecule has 7 heteroatoms. The van der Waals surface area contributed by atoms with Crippen LogP contribution in [0, 0.1) is 6.92 Å². The second-order valence-corrected chi connectivity index (χ2v) is 6.05. The van der Waals surface area contributed by atoms with Crippen LogP contribution in [-0.4, -0.2) is 39.8 Å². The van der Waals surface area contributed by atoms with Gasteiger partial charge < -0.3 is 10.1 Å². The Labute approximate surface area is 151 Å². The van der Waals surface area contributed by atoms with Crippen LogP contribution in [0.2, 0.25) is 0 Å². The number of nitrogens with one attached hydrogen (secondary N) is 1. The minimum Gasteiger partial charge on any atom is -0.467 e. The number of carbonyl (C=O) groups excluding carboxylic acids is 2. The summed E-state index contributed by atoms with van der Waals surface area (Å²) < 4.78 is 6.33. The molecule has 0 bridgehead atoms. The third kappa shape index (κ3) is 3.15. The lowest BCUT2D eigenvalue weighted by Gasteiger charge is -2.13. The van der Waals surface area contributed by atoms with E-state index in [0.717, 1.165) is 5.56 Å². The number of esters is 1. The maximum Gasteiger partial charge on any atom is 0.328 e. The zero-order valence-corrected chi connectivity index (χ0v) is 15.1. The van der Waals surface area contributed by atoms with Crippen molar-refractivity contribution in [3.8, 4) is 11.3 Å². The lowest BCUT2D eigenvalue weighted by molar-refractivity contribution is -0.142. The molecule has 0 saturated heterocycles. The van der Waals surface area contributed by atoms with Crippen molar-refractivity contribution in [3.05, 3.63) is 47.7 Å². The maximum absolute atomic E-state index is 12.9. The van der Waals surface area contributed by atoms with Gasteiger partial charge in [-0.05, 0) is 19.9 Å². The molecule has 7 nitrogen and oxygen atoms in total. The summed E-state index contributed by atoms with van der Waals surface area (Å²) in [6, 6.07) is 10.6. The van der Waals surface area contributed by atoms with Gasteiger partial charge in [0, 0.05) is 12.6 Å². The van der Waals surface area contributed by atoms with Gasteiger partial charge in [0.1, 0.15) is 6.04 Å². The number of ether oxygens (including phenoxy) is 1. The van der Waals surface area contributed by atoms with E-state index in [4.69, 9.17) is 0 Å². The van der Waals surface area contributed by atoms with Gasteiger partial charge >= 0.3 is 5.97 Å². The molecule has 0 fully saturated rings. The molecule has 0 aliphatic carbocycles. The lowest BCUT2D eigenvalue weighted by Crippen LogP contribution is -2.39. The van der Waals surface area contributed by atoms with E-state index in [1.54, 1.807) is 24.7 Å². The topological polar surface area (TPSA) is 86.1 Å². The largest absolute Gasteiger partial charge is 0.467 e. The van der Waals surface area contributed by atoms with E-state index in [9.17, 15) is 9.59 Å². The fourth-order valence-corrected chi connectivity index (χ4v) is 2.89. The average Bonchev–Trinajstić information content (AvgIpc) is 2.94. The molecule has 1 N–H and O–H groups in total. The number of nitrogens with zero attached hydrogens (tertiary/aromatic N) is 3. The van der Waals surface area contributed by atoms with Gasteiger partial charge in [-0.3, -0.25) is 9.48 Å². The minimum atomic E-state index is -0.757. The summed E-state index contributed by atoms with van der Waals surface area (Å²) in [6.07, 6.45) is 0. The van der Waals surface area contributed by atoms with Crippen LogP contribution in [0.3, 0.4) is 0 Å². The Balaban J connectivity index is 2.13. The van der Waals surface area contributed by atoms with E-state index in [2.05, 4.69) is 20.1 Å². The fraction of sp³-hybridized carbons (Fsp3) is 0.263. The predicted octanol–water partition coefficient (Wildman–Crippen LogP) is 2.24. The molecule has 0 radical (unpaired) electrons. The monoisotopic (exact) mass is 352 g/mol. The Morgan fingerprint density at radius 1 is 1.23 bits per heavy atom. The van der Waals surface area contributed by atoms with E-state index in [1.165, 1.54) is 7.11 Å². The van der Waals surface area contributed by atoms with Gasteiger partial charge in [-0.25, -0.2) is 9.78 Å². The number of fused-ring (bicyclic) bond motifs is 1. The maximum atomic E-state index is 12.9. The Bertz CT molecular complexity index is 979. The fourth-order valence-electron chi connectivity index (χ4n) is 2.89. The molecule has 2 aromatic heterocycles. The number of aromatic nitrogens is 3. The summed E-state index contributed by atoms with van der Waals surface area (Å²) >= 11 is 0. The van der Waals surface area contributed by atoms with Crippen LogP contribution < -0.4 is 5.32 Å². The van der Waals surface area contributed by atoms with Gasteiger partial charge in [0.2, 0.25) is 0 Å². The second kappa shape index (κ2) is 6.95. The van der Waals surface area contributed by atoms with Crippen molar-refractivity contribution in [2.24, 2.45) is 7.05 Å². The third-order valence-corrected chi connectivity index (χ3v) is 4.19. The highest BCUT2D eigenvalue weighted by atomic mass is 16.5. The summed E-state index contributed by atoms with van der Waals surface area (Å²) in [7, 11) is 3.07. The molecule has 1 atom stereocenters. The van der Waals surface area contributed by atoms with Crippen LogP contribution in [-0.2, 0) is 16.6 Å². The first-order valence-electron chi connectivity index (χ1n) is 8.20. The third-order valence-electron chi connectivity index (χ3n) is 4.19. The number of carbonyl (C=O) groups is 2. The SMILES string of the molecule is COC(=O)[C@H](C)NC(=O)c1cc(-c2ccccc2)nc2c1c(C)nn2C. The lowest BCUT2D eigenvalue weighted by atomic mass is 10.0. The number of aryl methyl sites for hydroxylation is 2. The number of methoxy groups -OCH3 is 1. The molecular weight excluding hydrogens is 332 g/mol. The second-order valence-electron chi connectivity index (χ2n) is 6.05. The van der Waals surface area contributed by atoms with E-state index in [-0.39, 0.29) is 5.91 Å². The van der Waals surface area contributed by atoms with Gasteiger partial charge in [-0.15, -0.1) is 0 Å². The smallest absolute Gasteiger partial charge is 0.328 e. The van der Waals surface area contributed by atoms with Crippen molar-refractivity contribution in [2.75, 3.05) is 7.11 Å². The van der Waals surface area contributed by atoms with Crippen molar-refractivity contribution in [1.29, 1.82) is 0 Å². The minimum absolute atomic E-state index is 0.372. The van der Waals surface area contributed by atoms with Gasteiger partial charge in [0.15, 0.2) is 5.65 Å². The number of hydrogen-bond acceptors (Lipinski definition) is 5. The van der Waals surface area contributed by atoms with E-state index >= 15 is 0 Å². The van der Waals surface area contributed by atoms with E-state index < -0.39 is 12.0 Å². The molecule has 0 saturated carbocycles. The average molecular weight is 352 g/mol. The quantitative estimate of drug-likeness (QED) is 0.728. The Morgan fingerprint density at radius 3 is 2.58 bits per heavy atom. The highest BCUT2D eigenvalue weighted by molar-refractivity contribution is 6.08. The van der Waals surface area contributed by atoms with Crippen molar-refractivity contribution in [1.82, 2.24) is 20.1 Å². The molecule has 0 spiro atoms. The molecule has 1 aromatic carbocycles. The number of amides is 1. The number of hydrogen-bond donors (Lipinski definition) is 1. The molecular formula is C19H20N4O3. The van der Waals surface area contributed by atoms with Gasteiger partial charge in [0.25, 0.3) is 5.91 Å². The first kappa shape index (κ1) is 17.6. The summed E-state index contributed by atoms with van der Waals surface area (Å²) in [5, 5.41) is 7.73. The van der Waals surface area contributed by atoms with Gasteiger partial charge in [-0.1, -0.05) is 30.3 Å². The molecule has 1 amide bonds. The first-order chi connectivity index (χ1) is 12.4. The van der Waals surface area contributed by atoms with Crippen molar-refractivity contribution >= 4 is 22.9 Å². The van der Waals surface area contributed by atoms with Crippen LogP contribution in [0.1, 0.15) is 23.0 Å². The van der Waals surface area contributed by atoms with Gasteiger partial charge in [-0.2, -0.15) is 5.10 Å². The van der Waals surface area contributed by atoms with Crippen molar-refractivity contribution in [2.45, 2.75) is 19.9 Å². The van der Waals surface area contributed by atoms with Crippen LogP contribution in [0.15, 0.2) is 36.4 Å². The molecule has 26 heavy (non-hydrogen) atoms. The van der Waals surface area contributed by atoms with Crippen LogP contribution in [0.25, 0.3) is 22.3 Å². The van der Waals surface area contributed by atoms with E-state index in [1.807, 2.05) is 37.3 Å². The van der Waals surface area contributed by atoms with Crippen LogP contribution >= 0.6 is 0 Å². The van der Waals surface area contributed by atoms with Crippen molar-refractivity contribution < 1.29 is 14.3 Å². The summed E-state index contributed by atoms with van der Waals surface area (Å²) in [4.78, 5) is 29.2.